The fourth-order valence-corrected chi connectivity index (χ4v) is 2.34. The first-order chi connectivity index (χ1) is 9.90. The van der Waals surface area contributed by atoms with Crippen molar-refractivity contribution < 1.29 is 13.5 Å². The van der Waals surface area contributed by atoms with E-state index in [1.54, 1.807) is 24.3 Å². The van der Waals surface area contributed by atoms with Crippen molar-refractivity contribution in [3.63, 3.8) is 0 Å². The Bertz CT molecular complexity index is 386. The molecule has 1 N–H and O–H groups in total. The van der Waals surface area contributed by atoms with Gasteiger partial charge in [0.15, 0.2) is 0 Å². The van der Waals surface area contributed by atoms with Crippen molar-refractivity contribution in [1.82, 2.24) is 10.2 Å². The standard InChI is InChI=1S/C16H26F2N2O/c1-12(2)20(13(3)4)10-9-19-11-14-5-7-15(8-6-14)21-16(17)18/h5-8,12-13,16,19H,9-11H2,1-4H3. The van der Waals surface area contributed by atoms with Gasteiger partial charge >= 0.3 is 6.61 Å². The van der Waals surface area contributed by atoms with Crippen LogP contribution in [0.4, 0.5) is 8.78 Å². The molecule has 21 heavy (non-hydrogen) atoms. The summed E-state index contributed by atoms with van der Waals surface area (Å²) in [4.78, 5) is 2.42. The van der Waals surface area contributed by atoms with Gasteiger partial charge in [-0.3, -0.25) is 4.90 Å². The number of alkyl halides is 2. The second-order valence-electron chi connectivity index (χ2n) is 5.62. The third-order valence-corrected chi connectivity index (χ3v) is 3.35. The number of rotatable bonds is 9. The largest absolute Gasteiger partial charge is 0.435 e. The van der Waals surface area contributed by atoms with E-state index >= 15 is 0 Å². The summed E-state index contributed by atoms with van der Waals surface area (Å²) in [5, 5.41) is 3.37. The molecule has 0 aliphatic heterocycles. The molecule has 0 amide bonds. The van der Waals surface area contributed by atoms with Crippen molar-refractivity contribution in [1.29, 1.82) is 0 Å². The minimum atomic E-state index is -2.77. The maximum Gasteiger partial charge on any atom is 0.387 e. The summed E-state index contributed by atoms with van der Waals surface area (Å²) in [5.74, 6) is 0.194. The summed E-state index contributed by atoms with van der Waals surface area (Å²) < 4.78 is 28.4. The van der Waals surface area contributed by atoms with Crippen LogP contribution in [0.3, 0.4) is 0 Å². The molecule has 5 heteroatoms. The maximum absolute atomic E-state index is 12.0. The van der Waals surface area contributed by atoms with Crippen LogP contribution in [-0.2, 0) is 6.54 Å². The van der Waals surface area contributed by atoms with Crippen LogP contribution >= 0.6 is 0 Å². The molecule has 0 fully saturated rings. The van der Waals surface area contributed by atoms with E-state index in [9.17, 15) is 8.78 Å². The molecule has 0 aromatic heterocycles. The molecule has 0 saturated heterocycles. The van der Waals surface area contributed by atoms with Crippen LogP contribution in [0.2, 0.25) is 0 Å². The molecule has 0 aliphatic carbocycles. The van der Waals surface area contributed by atoms with E-state index in [0.29, 0.717) is 12.1 Å². The minimum Gasteiger partial charge on any atom is -0.435 e. The molecule has 0 saturated carbocycles. The smallest absolute Gasteiger partial charge is 0.387 e. The van der Waals surface area contributed by atoms with Crippen LogP contribution in [0.5, 0.6) is 5.75 Å². The average Bonchev–Trinajstić information content (AvgIpc) is 2.38. The molecular weight excluding hydrogens is 274 g/mol. The Morgan fingerprint density at radius 1 is 1.05 bits per heavy atom. The summed E-state index contributed by atoms with van der Waals surface area (Å²) >= 11 is 0. The highest BCUT2D eigenvalue weighted by Crippen LogP contribution is 2.14. The molecule has 0 bridgehead atoms. The number of hydrogen-bond donors (Lipinski definition) is 1. The zero-order valence-electron chi connectivity index (χ0n) is 13.3. The van der Waals surface area contributed by atoms with Crippen LogP contribution < -0.4 is 10.1 Å². The van der Waals surface area contributed by atoms with Gasteiger partial charge in [-0.25, -0.2) is 0 Å². The predicted octanol–water partition coefficient (Wildman–Crippen LogP) is 3.50. The van der Waals surface area contributed by atoms with Crippen molar-refractivity contribution in [2.24, 2.45) is 0 Å². The topological polar surface area (TPSA) is 24.5 Å². The summed E-state index contributed by atoms with van der Waals surface area (Å²) in [7, 11) is 0. The lowest BCUT2D eigenvalue weighted by Gasteiger charge is -2.30. The second kappa shape index (κ2) is 8.95. The SMILES string of the molecule is CC(C)N(CCNCc1ccc(OC(F)F)cc1)C(C)C. The van der Waals surface area contributed by atoms with Gasteiger partial charge in [0.1, 0.15) is 5.75 Å². The van der Waals surface area contributed by atoms with Gasteiger partial charge in [0, 0.05) is 31.7 Å². The fourth-order valence-electron chi connectivity index (χ4n) is 2.34. The predicted molar refractivity (Wildman–Crippen MR) is 81.8 cm³/mol. The summed E-state index contributed by atoms with van der Waals surface area (Å²) in [6, 6.07) is 7.78. The Morgan fingerprint density at radius 3 is 2.10 bits per heavy atom. The lowest BCUT2D eigenvalue weighted by molar-refractivity contribution is -0.0498. The molecule has 1 aromatic carbocycles. The average molecular weight is 300 g/mol. The molecule has 1 aromatic rings. The van der Waals surface area contributed by atoms with Gasteiger partial charge in [0.2, 0.25) is 0 Å². The number of ether oxygens (including phenoxy) is 1. The van der Waals surface area contributed by atoms with Crippen molar-refractivity contribution in [2.45, 2.75) is 52.9 Å². The lowest BCUT2D eigenvalue weighted by Crippen LogP contribution is -2.41. The van der Waals surface area contributed by atoms with Crippen molar-refractivity contribution in [3.8, 4) is 5.75 Å². The normalized spacial score (nSPS) is 11.9. The van der Waals surface area contributed by atoms with Gasteiger partial charge in [0.25, 0.3) is 0 Å². The first-order valence-electron chi connectivity index (χ1n) is 7.40. The van der Waals surface area contributed by atoms with Crippen LogP contribution in [-0.4, -0.2) is 36.7 Å². The van der Waals surface area contributed by atoms with Crippen LogP contribution in [0.15, 0.2) is 24.3 Å². The van der Waals surface area contributed by atoms with Gasteiger partial charge in [0.05, 0.1) is 0 Å². The Morgan fingerprint density at radius 2 is 1.62 bits per heavy atom. The summed E-state index contributed by atoms with van der Waals surface area (Å²) in [5.41, 5.74) is 1.05. The highest BCUT2D eigenvalue weighted by Gasteiger charge is 2.12. The third-order valence-electron chi connectivity index (χ3n) is 3.35. The zero-order valence-corrected chi connectivity index (χ0v) is 13.3. The number of nitrogens with zero attached hydrogens (tertiary/aromatic N) is 1. The molecule has 3 nitrogen and oxygen atoms in total. The van der Waals surface area contributed by atoms with E-state index in [1.165, 1.54) is 0 Å². The Balaban J connectivity index is 2.32. The molecule has 0 spiro atoms. The molecule has 0 unspecified atom stereocenters. The zero-order chi connectivity index (χ0) is 15.8. The van der Waals surface area contributed by atoms with Gasteiger partial charge in [-0.2, -0.15) is 8.78 Å². The lowest BCUT2D eigenvalue weighted by atomic mass is 10.2. The molecule has 0 radical (unpaired) electrons. The Hall–Kier alpha value is -1.20. The third kappa shape index (κ3) is 6.87. The monoisotopic (exact) mass is 300 g/mol. The summed E-state index contributed by atoms with van der Waals surface area (Å²) in [6.45, 7) is 8.62. The van der Waals surface area contributed by atoms with Gasteiger partial charge in [-0.05, 0) is 45.4 Å². The van der Waals surface area contributed by atoms with E-state index < -0.39 is 6.61 Å². The van der Waals surface area contributed by atoms with E-state index in [0.717, 1.165) is 25.2 Å². The van der Waals surface area contributed by atoms with Crippen molar-refractivity contribution >= 4 is 0 Å². The van der Waals surface area contributed by atoms with E-state index in [2.05, 4.69) is 42.6 Å². The Labute approximate surface area is 126 Å². The van der Waals surface area contributed by atoms with E-state index in [1.807, 2.05) is 0 Å². The number of hydrogen-bond acceptors (Lipinski definition) is 3. The molecule has 1 rings (SSSR count). The maximum atomic E-state index is 12.0. The second-order valence-corrected chi connectivity index (χ2v) is 5.62. The number of halogens is 2. The molecule has 120 valence electrons. The van der Waals surface area contributed by atoms with Crippen molar-refractivity contribution in [3.05, 3.63) is 29.8 Å². The highest BCUT2D eigenvalue weighted by molar-refractivity contribution is 5.27. The van der Waals surface area contributed by atoms with Crippen LogP contribution in [0, 0.1) is 0 Å². The number of benzene rings is 1. The highest BCUT2D eigenvalue weighted by atomic mass is 19.3. The number of nitrogens with one attached hydrogen (secondary N) is 1. The van der Waals surface area contributed by atoms with E-state index in [-0.39, 0.29) is 5.75 Å². The molecule has 0 heterocycles. The van der Waals surface area contributed by atoms with Gasteiger partial charge < -0.3 is 10.1 Å². The molecule has 0 aliphatic rings. The molecular formula is C16H26F2N2O. The first kappa shape index (κ1) is 17.9. The first-order valence-corrected chi connectivity index (χ1v) is 7.40. The molecule has 0 atom stereocenters. The summed E-state index contributed by atoms with van der Waals surface area (Å²) in [6.07, 6.45) is 0. The van der Waals surface area contributed by atoms with Crippen LogP contribution in [0.1, 0.15) is 33.3 Å². The van der Waals surface area contributed by atoms with E-state index in [4.69, 9.17) is 0 Å². The fraction of sp³-hybridized carbons (Fsp3) is 0.625. The van der Waals surface area contributed by atoms with Gasteiger partial charge in [-0.1, -0.05) is 12.1 Å². The Kier molecular flexibility index (Phi) is 7.61. The minimum absolute atomic E-state index is 0.194. The quantitative estimate of drug-likeness (QED) is 0.707. The van der Waals surface area contributed by atoms with Gasteiger partial charge in [-0.15, -0.1) is 0 Å². The van der Waals surface area contributed by atoms with Crippen molar-refractivity contribution in [2.75, 3.05) is 13.1 Å². The van der Waals surface area contributed by atoms with Crippen LogP contribution in [0.25, 0.3) is 0 Å².